The summed E-state index contributed by atoms with van der Waals surface area (Å²) in [7, 11) is 1.73. The number of nitriles is 1. The molecular weight excluding hydrogens is 280 g/mol. The van der Waals surface area contributed by atoms with E-state index in [0.29, 0.717) is 18.4 Å². The molecule has 0 unspecified atom stereocenters. The Morgan fingerprint density at radius 1 is 1.05 bits per heavy atom. The van der Waals surface area contributed by atoms with Gasteiger partial charge in [0.15, 0.2) is 0 Å². The van der Waals surface area contributed by atoms with Gasteiger partial charge in [0.05, 0.1) is 11.6 Å². The van der Waals surface area contributed by atoms with Crippen molar-refractivity contribution in [2.24, 2.45) is 0 Å². The van der Waals surface area contributed by atoms with Crippen LogP contribution in [0.3, 0.4) is 0 Å². The summed E-state index contributed by atoms with van der Waals surface area (Å²) in [5.74, 6) is -0.700. The van der Waals surface area contributed by atoms with E-state index in [1.807, 2.05) is 6.07 Å². The van der Waals surface area contributed by atoms with Crippen LogP contribution in [-0.4, -0.2) is 24.0 Å². The van der Waals surface area contributed by atoms with Crippen molar-refractivity contribution in [1.29, 1.82) is 5.26 Å². The van der Waals surface area contributed by atoms with E-state index in [1.54, 1.807) is 36.2 Å². The highest BCUT2D eigenvalue weighted by Crippen LogP contribution is 2.16. The van der Waals surface area contributed by atoms with Gasteiger partial charge in [0.1, 0.15) is 0 Å². The van der Waals surface area contributed by atoms with E-state index in [2.05, 4.69) is 0 Å². The molecule has 1 N–H and O–H groups in total. The van der Waals surface area contributed by atoms with Gasteiger partial charge < -0.3 is 10.0 Å². The van der Waals surface area contributed by atoms with E-state index in [1.165, 1.54) is 0 Å². The van der Waals surface area contributed by atoms with Crippen LogP contribution >= 0.6 is 0 Å². The number of aliphatic carboxylic acids is 1. The Labute approximate surface area is 131 Å². The Balaban J connectivity index is 2.24. The predicted octanol–water partition coefficient (Wildman–Crippen LogP) is 3.34. The van der Waals surface area contributed by atoms with Crippen LogP contribution in [-0.2, 0) is 9.59 Å². The van der Waals surface area contributed by atoms with E-state index in [9.17, 15) is 9.59 Å². The molecule has 1 amide bonds. The van der Waals surface area contributed by atoms with E-state index >= 15 is 0 Å². The van der Waals surface area contributed by atoms with Crippen molar-refractivity contribution in [3.63, 3.8) is 0 Å². The van der Waals surface area contributed by atoms with Crippen LogP contribution in [0.2, 0.25) is 0 Å². The molecule has 0 aliphatic rings. The number of hydrogen-bond donors (Lipinski definition) is 1. The highest BCUT2D eigenvalue weighted by atomic mass is 16.4. The molecule has 0 spiro atoms. The average molecular weight is 302 g/mol. The molecule has 0 aliphatic heterocycles. The maximum Gasteiger partial charge on any atom is 0.303 e. The first-order valence-corrected chi connectivity index (χ1v) is 7.53. The summed E-state index contributed by atoms with van der Waals surface area (Å²) in [6.07, 6.45) is 5.01. The summed E-state index contributed by atoms with van der Waals surface area (Å²) in [6, 6.07) is 8.97. The van der Waals surface area contributed by atoms with Crippen molar-refractivity contribution in [2.45, 2.75) is 44.9 Å². The second kappa shape index (κ2) is 9.56. The molecule has 0 aromatic heterocycles. The summed E-state index contributed by atoms with van der Waals surface area (Å²) >= 11 is 0. The highest BCUT2D eigenvalue weighted by Gasteiger charge is 2.10. The van der Waals surface area contributed by atoms with Crippen molar-refractivity contribution >= 4 is 17.6 Å². The SMILES string of the molecule is CN(C(=O)CCCCCCCC(=O)O)c1ccc(C#N)cc1. The fourth-order valence-electron chi connectivity index (χ4n) is 2.15. The minimum absolute atomic E-state index is 0.0512. The Hall–Kier alpha value is -2.35. The zero-order valence-corrected chi connectivity index (χ0v) is 12.9. The number of hydrogen-bond acceptors (Lipinski definition) is 3. The Morgan fingerprint density at radius 3 is 2.14 bits per heavy atom. The molecule has 22 heavy (non-hydrogen) atoms. The molecule has 0 aliphatic carbocycles. The number of amides is 1. The zero-order valence-electron chi connectivity index (χ0n) is 12.9. The molecular formula is C17H22N2O3. The quantitative estimate of drug-likeness (QED) is 0.709. The van der Waals surface area contributed by atoms with E-state index in [4.69, 9.17) is 10.4 Å². The summed E-state index contributed by atoms with van der Waals surface area (Å²) in [6.45, 7) is 0. The van der Waals surface area contributed by atoms with E-state index < -0.39 is 5.97 Å². The van der Waals surface area contributed by atoms with Gasteiger partial charge in [-0.15, -0.1) is 0 Å². The van der Waals surface area contributed by atoms with Crippen LogP contribution < -0.4 is 4.90 Å². The average Bonchev–Trinajstić information content (AvgIpc) is 2.52. The first kappa shape index (κ1) is 17.7. The summed E-state index contributed by atoms with van der Waals surface area (Å²) in [5, 5.41) is 17.3. The number of carboxylic acid groups (broad SMARTS) is 1. The molecule has 1 aromatic rings. The smallest absolute Gasteiger partial charge is 0.303 e. The summed E-state index contributed by atoms with van der Waals surface area (Å²) in [4.78, 5) is 24.0. The summed E-state index contributed by atoms with van der Waals surface area (Å²) < 4.78 is 0. The van der Waals surface area contributed by atoms with Gasteiger partial charge in [0, 0.05) is 25.6 Å². The van der Waals surface area contributed by atoms with Gasteiger partial charge in [-0.3, -0.25) is 9.59 Å². The molecule has 0 fully saturated rings. The van der Waals surface area contributed by atoms with Crippen molar-refractivity contribution < 1.29 is 14.7 Å². The van der Waals surface area contributed by atoms with Crippen molar-refractivity contribution in [3.05, 3.63) is 29.8 Å². The third kappa shape index (κ3) is 6.40. The van der Waals surface area contributed by atoms with E-state index in [0.717, 1.165) is 31.4 Å². The fourth-order valence-corrected chi connectivity index (χ4v) is 2.15. The maximum atomic E-state index is 12.1. The first-order chi connectivity index (χ1) is 10.5. The van der Waals surface area contributed by atoms with Crippen LogP contribution in [0.1, 0.15) is 50.5 Å². The van der Waals surface area contributed by atoms with Crippen LogP contribution in [0.25, 0.3) is 0 Å². The summed E-state index contributed by atoms with van der Waals surface area (Å²) in [5.41, 5.74) is 1.36. The number of anilines is 1. The molecule has 1 rings (SSSR count). The largest absolute Gasteiger partial charge is 0.481 e. The number of rotatable bonds is 9. The molecule has 0 atom stereocenters. The fraction of sp³-hybridized carbons (Fsp3) is 0.471. The van der Waals surface area contributed by atoms with Gasteiger partial charge in [0.2, 0.25) is 5.91 Å². The van der Waals surface area contributed by atoms with Crippen LogP contribution in [0.15, 0.2) is 24.3 Å². The minimum Gasteiger partial charge on any atom is -0.481 e. The molecule has 5 heteroatoms. The number of unbranched alkanes of at least 4 members (excludes halogenated alkanes) is 4. The van der Waals surface area contributed by atoms with Gasteiger partial charge in [-0.2, -0.15) is 5.26 Å². The van der Waals surface area contributed by atoms with Crippen LogP contribution in [0.4, 0.5) is 5.69 Å². The van der Waals surface area contributed by atoms with Crippen molar-refractivity contribution in [3.8, 4) is 6.07 Å². The molecule has 118 valence electrons. The third-order valence-corrected chi connectivity index (χ3v) is 3.54. The van der Waals surface area contributed by atoms with Gasteiger partial charge >= 0.3 is 5.97 Å². The Kier molecular flexibility index (Phi) is 7.69. The lowest BCUT2D eigenvalue weighted by Gasteiger charge is -2.17. The van der Waals surface area contributed by atoms with Gasteiger partial charge in [-0.25, -0.2) is 0 Å². The third-order valence-electron chi connectivity index (χ3n) is 3.54. The second-order valence-electron chi connectivity index (χ2n) is 5.27. The zero-order chi connectivity index (χ0) is 16.4. The molecule has 0 heterocycles. The van der Waals surface area contributed by atoms with Crippen LogP contribution in [0, 0.1) is 11.3 Å². The molecule has 0 saturated carbocycles. The number of benzene rings is 1. The standard InChI is InChI=1S/C17H22N2O3/c1-19(15-11-9-14(13-18)10-12-15)16(20)7-5-3-2-4-6-8-17(21)22/h9-12H,2-8H2,1H3,(H,21,22). The molecule has 1 aromatic carbocycles. The normalized spacial score (nSPS) is 10.0. The van der Waals surface area contributed by atoms with E-state index in [-0.39, 0.29) is 12.3 Å². The Bertz CT molecular complexity index is 532. The molecule has 0 radical (unpaired) electrons. The lowest BCUT2D eigenvalue weighted by atomic mass is 10.1. The predicted molar refractivity (Wildman–Crippen MR) is 84.5 cm³/mol. The van der Waals surface area contributed by atoms with Gasteiger partial charge in [0.25, 0.3) is 0 Å². The van der Waals surface area contributed by atoms with Crippen LogP contribution in [0.5, 0.6) is 0 Å². The monoisotopic (exact) mass is 302 g/mol. The van der Waals surface area contributed by atoms with Gasteiger partial charge in [-0.1, -0.05) is 19.3 Å². The van der Waals surface area contributed by atoms with Gasteiger partial charge in [-0.05, 0) is 37.1 Å². The number of carbonyl (C=O) groups excluding carboxylic acids is 1. The number of nitrogens with zero attached hydrogens (tertiary/aromatic N) is 2. The number of carboxylic acids is 1. The topological polar surface area (TPSA) is 81.4 Å². The molecule has 0 bridgehead atoms. The van der Waals surface area contributed by atoms with Crippen molar-refractivity contribution in [2.75, 3.05) is 11.9 Å². The minimum atomic E-state index is -0.751. The number of carbonyl (C=O) groups is 2. The first-order valence-electron chi connectivity index (χ1n) is 7.53. The lowest BCUT2D eigenvalue weighted by Crippen LogP contribution is -2.25. The molecule has 0 saturated heterocycles. The highest BCUT2D eigenvalue weighted by molar-refractivity contribution is 5.92. The van der Waals surface area contributed by atoms with Crippen molar-refractivity contribution in [1.82, 2.24) is 0 Å². The molecule has 5 nitrogen and oxygen atoms in total. The second-order valence-corrected chi connectivity index (χ2v) is 5.27. The maximum absolute atomic E-state index is 12.1. The Morgan fingerprint density at radius 2 is 1.59 bits per heavy atom. The lowest BCUT2D eigenvalue weighted by molar-refractivity contribution is -0.137.